The zero-order valence-corrected chi connectivity index (χ0v) is 32.8. The summed E-state index contributed by atoms with van der Waals surface area (Å²) in [5.41, 5.74) is 21.0. The molecule has 2 aromatic heterocycles. The summed E-state index contributed by atoms with van der Waals surface area (Å²) in [7, 11) is 0. The van der Waals surface area contributed by atoms with Crippen LogP contribution < -0.4 is 0 Å². The second kappa shape index (κ2) is 12.5. The Morgan fingerprint density at radius 1 is 0.448 bits per heavy atom. The Kier molecular flexibility index (Phi) is 7.21. The maximum absolute atomic E-state index is 6.30. The predicted molar refractivity (Wildman–Crippen MR) is 238 cm³/mol. The SMILES string of the molecule is CC1(C)c2ccccc2-c2cc3c(cc21)-c1ccc(-c2cccc(-c4ccc(-c5nc(-c6ccccc6)c6c(n5)oc5ccccc56)cc4)c2)cc1C31CCCCC1. The number of hydrogen-bond donors (Lipinski definition) is 0. The standard InChI is InChI=1S/C55H42N2O/c1-54(2)45-20-9-7-18-40(45)43-33-48-44(32-46(43)54)41-27-26-39(31-47(41)55(48)28-11-4-12-29-55)38-17-13-16-37(30-38)34-22-24-36(25-23-34)52-56-51(35-14-5-3-6-15-35)50-42-19-8-10-21-49(42)58-53(50)57-52/h3,5-10,13-27,30-33H,4,11-12,28-29H2,1-2H3. The van der Waals surface area contributed by atoms with E-state index < -0.39 is 0 Å². The van der Waals surface area contributed by atoms with Crippen LogP contribution >= 0.6 is 0 Å². The molecule has 7 aromatic carbocycles. The van der Waals surface area contributed by atoms with Crippen molar-refractivity contribution in [1.29, 1.82) is 0 Å². The van der Waals surface area contributed by atoms with Crippen LogP contribution in [0, 0.1) is 0 Å². The van der Waals surface area contributed by atoms with Crippen molar-refractivity contribution in [2.24, 2.45) is 0 Å². The molecule has 1 fully saturated rings. The second-order valence-electron chi connectivity index (χ2n) is 17.2. The number of benzene rings is 7. The van der Waals surface area contributed by atoms with Gasteiger partial charge in [-0.3, -0.25) is 0 Å². The molecule has 58 heavy (non-hydrogen) atoms. The normalized spacial score (nSPS) is 15.7. The Labute approximate surface area is 339 Å². The third kappa shape index (κ3) is 4.86. The monoisotopic (exact) mass is 746 g/mol. The molecule has 1 saturated carbocycles. The lowest BCUT2D eigenvalue weighted by Crippen LogP contribution is -2.28. The Bertz CT molecular complexity index is 3110. The molecule has 0 radical (unpaired) electrons. The molecular formula is C55H42N2O. The summed E-state index contributed by atoms with van der Waals surface area (Å²) in [5, 5.41) is 1.97. The molecule has 3 aliphatic carbocycles. The summed E-state index contributed by atoms with van der Waals surface area (Å²) in [4.78, 5) is 10.1. The lowest BCUT2D eigenvalue weighted by molar-refractivity contribution is 0.353. The van der Waals surface area contributed by atoms with Crippen molar-refractivity contribution in [2.75, 3.05) is 0 Å². The van der Waals surface area contributed by atoms with E-state index in [0.717, 1.165) is 38.7 Å². The molecule has 12 rings (SSSR count). The van der Waals surface area contributed by atoms with E-state index in [-0.39, 0.29) is 10.8 Å². The number of fused-ring (bicyclic) bond motifs is 11. The van der Waals surface area contributed by atoms with Gasteiger partial charge in [0.05, 0.1) is 11.1 Å². The number of aromatic nitrogens is 2. The van der Waals surface area contributed by atoms with Gasteiger partial charge in [0, 0.05) is 27.3 Å². The maximum Gasteiger partial charge on any atom is 0.231 e. The van der Waals surface area contributed by atoms with E-state index in [4.69, 9.17) is 14.4 Å². The van der Waals surface area contributed by atoms with Crippen LogP contribution in [0.15, 0.2) is 162 Å². The van der Waals surface area contributed by atoms with Crippen molar-refractivity contribution >= 4 is 22.1 Å². The van der Waals surface area contributed by atoms with Gasteiger partial charge < -0.3 is 4.42 Å². The number of para-hydroxylation sites is 1. The summed E-state index contributed by atoms with van der Waals surface area (Å²) in [6.45, 7) is 4.80. The minimum Gasteiger partial charge on any atom is -0.438 e. The number of rotatable bonds is 4. The third-order valence-electron chi connectivity index (χ3n) is 13.7. The van der Waals surface area contributed by atoms with Crippen molar-refractivity contribution in [2.45, 2.75) is 56.8 Å². The van der Waals surface area contributed by atoms with Gasteiger partial charge in [0.1, 0.15) is 5.58 Å². The average Bonchev–Trinajstić information content (AvgIpc) is 3.86. The minimum absolute atomic E-state index is 0.0116. The van der Waals surface area contributed by atoms with Crippen LogP contribution in [0.3, 0.4) is 0 Å². The van der Waals surface area contributed by atoms with Crippen molar-refractivity contribution in [3.8, 4) is 67.2 Å². The minimum atomic E-state index is -0.0116. The van der Waals surface area contributed by atoms with E-state index in [1.165, 1.54) is 87.7 Å². The van der Waals surface area contributed by atoms with E-state index >= 15 is 0 Å². The smallest absolute Gasteiger partial charge is 0.231 e. The molecule has 0 unspecified atom stereocenters. The summed E-state index contributed by atoms with van der Waals surface area (Å²) >= 11 is 0. The lowest BCUT2D eigenvalue weighted by atomic mass is 9.67. The highest BCUT2D eigenvalue weighted by molar-refractivity contribution is 6.10. The van der Waals surface area contributed by atoms with Crippen LogP contribution in [0.4, 0.5) is 0 Å². The highest BCUT2D eigenvalue weighted by Gasteiger charge is 2.46. The highest BCUT2D eigenvalue weighted by Crippen LogP contribution is 2.60. The molecule has 0 amide bonds. The van der Waals surface area contributed by atoms with Crippen LogP contribution in [-0.2, 0) is 10.8 Å². The molecule has 0 atom stereocenters. The third-order valence-corrected chi connectivity index (χ3v) is 13.7. The predicted octanol–water partition coefficient (Wildman–Crippen LogP) is 14.6. The second-order valence-corrected chi connectivity index (χ2v) is 17.2. The van der Waals surface area contributed by atoms with Gasteiger partial charge in [0.2, 0.25) is 5.71 Å². The summed E-state index contributed by atoms with van der Waals surface area (Å²) in [6, 6.07) is 57.7. The molecule has 278 valence electrons. The molecule has 0 aliphatic heterocycles. The molecular weight excluding hydrogens is 705 g/mol. The first-order chi connectivity index (χ1) is 28.5. The van der Waals surface area contributed by atoms with Crippen LogP contribution in [0.1, 0.15) is 68.2 Å². The van der Waals surface area contributed by atoms with Gasteiger partial charge in [0.25, 0.3) is 0 Å². The van der Waals surface area contributed by atoms with Gasteiger partial charge in [-0.25, -0.2) is 4.98 Å². The highest BCUT2D eigenvalue weighted by atomic mass is 16.3. The molecule has 2 heterocycles. The van der Waals surface area contributed by atoms with Crippen LogP contribution in [0.5, 0.6) is 0 Å². The summed E-state index contributed by atoms with van der Waals surface area (Å²) < 4.78 is 6.30. The fourth-order valence-corrected chi connectivity index (χ4v) is 10.8. The Balaban J connectivity index is 0.910. The van der Waals surface area contributed by atoms with Gasteiger partial charge in [0.15, 0.2) is 5.82 Å². The Morgan fingerprint density at radius 3 is 1.91 bits per heavy atom. The number of nitrogens with zero attached hydrogens (tertiary/aromatic N) is 2. The number of furan rings is 1. The Hall–Kier alpha value is -6.58. The van der Waals surface area contributed by atoms with E-state index in [0.29, 0.717) is 11.5 Å². The molecule has 3 nitrogen and oxygen atoms in total. The van der Waals surface area contributed by atoms with Gasteiger partial charge >= 0.3 is 0 Å². The summed E-state index contributed by atoms with van der Waals surface area (Å²) in [5.74, 6) is 0.652. The van der Waals surface area contributed by atoms with E-state index in [9.17, 15) is 0 Å². The van der Waals surface area contributed by atoms with Crippen LogP contribution in [-0.4, -0.2) is 9.97 Å². The lowest BCUT2D eigenvalue weighted by Gasteiger charge is -2.36. The number of hydrogen-bond acceptors (Lipinski definition) is 3. The molecule has 1 spiro atoms. The zero-order chi connectivity index (χ0) is 38.6. The topological polar surface area (TPSA) is 38.9 Å². The zero-order valence-electron chi connectivity index (χ0n) is 32.8. The van der Waals surface area contributed by atoms with Crippen molar-refractivity contribution in [3.63, 3.8) is 0 Å². The first-order valence-electron chi connectivity index (χ1n) is 20.9. The van der Waals surface area contributed by atoms with Crippen LogP contribution in [0.25, 0.3) is 89.2 Å². The van der Waals surface area contributed by atoms with Gasteiger partial charge in [-0.1, -0.05) is 161 Å². The molecule has 3 heteroatoms. The first kappa shape index (κ1) is 33.5. The van der Waals surface area contributed by atoms with Gasteiger partial charge in [-0.05, 0) is 110 Å². The fraction of sp³-hybridized carbons (Fsp3) is 0.164. The fourth-order valence-electron chi connectivity index (χ4n) is 10.8. The molecule has 0 N–H and O–H groups in total. The maximum atomic E-state index is 6.30. The van der Waals surface area contributed by atoms with Crippen LogP contribution in [0.2, 0.25) is 0 Å². The van der Waals surface area contributed by atoms with Crippen molar-refractivity contribution < 1.29 is 4.42 Å². The Morgan fingerprint density at radius 2 is 1.07 bits per heavy atom. The molecule has 9 aromatic rings. The van der Waals surface area contributed by atoms with Gasteiger partial charge in [-0.2, -0.15) is 4.98 Å². The van der Waals surface area contributed by atoms with Crippen molar-refractivity contribution in [3.05, 3.63) is 180 Å². The average molecular weight is 747 g/mol. The molecule has 0 saturated heterocycles. The molecule has 3 aliphatic rings. The summed E-state index contributed by atoms with van der Waals surface area (Å²) in [6.07, 6.45) is 6.30. The first-order valence-corrected chi connectivity index (χ1v) is 20.9. The van der Waals surface area contributed by atoms with E-state index in [2.05, 4.69) is 147 Å². The van der Waals surface area contributed by atoms with Gasteiger partial charge in [-0.15, -0.1) is 0 Å². The molecule has 0 bridgehead atoms. The quantitative estimate of drug-likeness (QED) is 0.180. The van der Waals surface area contributed by atoms with E-state index in [1.807, 2.05) is 24.3 Å². The van der Waals surface area contributed by atoms with E-state index in [1.54, 1.807) is 5.56 Å². The van der Waals surface area contributed by atoms with Crippen molar-refractivity contribution in [1.82, 2.24) is 9.97 Å². The largest absolute Gasteiger partial charge is 0.438 e.